The second-order valence-corrected chi connectivity index (χ2v) is 11.0. The Hall–Kier alpha value is -1.96. The van der Waals surface area contributed by atoms with Gasteiger partial charge in [0, 0.05) is 22.3 Å². The molecular formula is C31H46O2. The molecule has 2 heteroatoms. The topological polar surface area (TPSA) is 34.1 Å². The SMILES string of the molecule is CC1=C(C=CC(C)CCC[C@H](C)CCC[C@H](C)CCCC(C)C)C(=O)c2ccccc2C1=O. The van der Waals surface area contributed by atoms with Gasteiger partial charge in [0.25, 0.3) is 0 Å². The number of hydrogen-bond donors (Lipinski definition) is 0. The predicted octanol–water partition coefficient (Wildman–Crippen LogP) is 9.01. The molecule has 182 valence electrons. The van der Waals surface area contributed by atoms with Gasteiger partial charge in [-0.1, -0.05) is 122 Å². The van der Waals surface area contributed by atoms with Gasteiger partial charge in [0.15, 0.2) is 11.6 Å². The molecule has 1 aromatic rings. The monoisotopic (exact) mass is 450 g/mol. The number of Topliss-reactive ketones (excluding diaryl/α,β-unsaturated/α-hetero) is 2. The van der Waals surface area contributed by atoms with Gasteiger partial charge in [-0.05, 0) is 37.0 Å². The second-order valence-electron chi connectivity index (χ2n) is 11.0. The minimum Gasteiger partial charge on any atom is -0.289 e. The number of fused-ring (bicyclic) bond motifs is 1. The molecule has 0 bridgehead atoms. The van der Waals surface area contributed by atoms with E-state index in [4.69, 9.17) is 0 Å². The van der Waals surface area contributed by atoms with Crippen LogP contribution in [0.15, 0.2) is 47.6 Å². The lowest BCUT2D eigenvalue weighted by Crippen LogP contribution is -2.19. The van der Waals surface area contributed by atoms with Crippen LogP contribution in [0.1, 0.15) is 120 Å². The van der Waals surface area contributed by atoms with Crippen molar-refractivity contribution in [3.8, 4) is 0 Å². The standard InChI is InChI=1S/C31H46O2/c1-22(2)12-9-13-23(3)14-10-15-24(4)16-11-17-25(5)20-21-27-26(6)30(32)28-18-7-8-19-29(28)31(27)33/h7-8,18-25H,9-17H2,1-6H3/t23-,24-,25?/m1/s1. The molecule has 33 heavy (non-hydrogen) atoms. The van der Waals surface area contributed by atoms with Gasteiger partial charge < -0.3 is 0 Å². The maximum Gasteiger partial charge on any atom is 0.194 e. The van der Waals surface area contributed by atoms with Crippen molar-refractivity contribution in [3.05, 3.63) is 58.7 Å². The highest BCUT2D eigenvalue weighted by molar-refractivity contribution is 6.27. The summed E-state index contributed by atoms with van der Waals surface area (Å²) < 4.78 is 0. The molecule has 0 aliphatic heterocycles. The molecule has 0 fully saturated rings. The average Bonchev–Trinajstić information content (AvgIpc) is 2.77. The molecule has 0 aromatic heterocycles. The number of benzene rings is 1. The highest BCUT2D eigenvalue weighted by atomic mass is 16.1. The fourth-order valence-electron chi connectivity index (χ4n) is 4.84. The predicted molar refractivity (Wildman–Crippen MR) is 141 cm³/mol. The number of carbonyl (C=O) groups excluding carboxylic acids is 2. The van der Waals surface area contributed by atoms with E-state index < -0.39 is 0 Å². The van der Waals surface area contributed by atoms with Crippen LogP contribution in [0.2, 0.25) is 0 Å². The Labute approximate surface area is 202 Å². The Balaban J connectivity index is 1.70. The van der Waals surface area contributed by atoms with Gasteiger partial charge in [-0.25, -0.2) is 0 Å². The van der Waals surface area contributed by atoms with Crippen LogP contribution >= 0.6 is 0 Å². The first-order valence-electron chi connectivity index (χ1n) is 13.3. The zero-order chi connectivity index (χ0) is 24.4. The van der Waals surface area contributed by atoms with Crippen LogP contribution in [0, 0.1) is 23.7 Å². The lowest BCUT2D eigenvalue weighted by molar-refractivity contribution is 0.0977. The van der Waals surface area contributed by atoms with E-state index in [1.54, 1.807) is 19.1 Å². The molecule has 1 unspecified atom stereocenters. The molecule has 1 aliphatic rings. The highest BCUT2D eigenvalue weighted by Gasteiger charge is 2.28. The molecular weight excluding hydrogens is 404 g/mol. The van der Waals surface area contributed by atoms with Crippen molar-refractivity contribution >= 4 is 11.6 Å². The zero-order valence-corrected chi connectivity index (χ0v) is 22.0. The summed E-state index contributed by atoms with van der Waals surface area (Å²) in [6.45, 7) is 13.4. The molecule has 0 N–H and O–H groups in total. The van der Waals surface area contributed by atoms with Crippen molar-refractivity contribution in [2.75, 3.05) is 0 Å². The van der Waals surface area contributed by atoms with Crippen LogP contribution in [0.25, 0.3) is 0 Å². The summed E-state index contributed by atoms with van der Waals surface area (Å²) in [6.07, 6.45) is 15.8. The van der Waals surface area contributed by atoms with E-state index in [1.165, 1.54) is 51.4 Å². The Morgan fingerprint density at radius 3 is 1.73 bits per heavy atom. The zero-order valence-electron chi connectivity index (χ0n) is 22.0. The van der Waals surface area contributed by atoms with Gasteiger partial charge in [-0.15, -0.1) is 0 Å². The molecule has 0 amide bonds. The van der Waals surface area contributed by atoms with E-state index in [1.807, 2.05) is 18.2 Å². The summed E-state index contributed by atoms with van der Waals surface area (Å²) in [4.78, 5) is 25.5. The minimum absolute atomic E-state index is 0.0273. The minimum atomic E-state index is -0.0294. The lowest BCUT2D eigenvalue weighted by atomic mass is 9.84. The summed E-state index contributed by atoms with van der Waals surface area (Å²) in [7, 11) is 0. The van der Waals surface area contributed by atoms with Crippen molar-refractivity contribution in [2.24, 2.45) is 23.7 Å². The van der Waals surface area contributed by atoms with E-state index in [0.29, 0.717) is 28.2 Å². The molecule has 0 radical (unpaired) electrons. The fraction of sp³-hybridized carbons (Fsp3) is 0.613. The fourth-order valence-corrected chi connectivity index (χ4v) is 4.84. The third kappa shape index (κ3) is 8.72. The molecule has 0 saturated carbocycles. The number of carbonyl (C=O) groups is 2. The molecule has 1 aliphatic carbocycles. The van der Waals surface area contributed by atoms with E-state index >= 15 is 0 Å². The number of allylic oxidation sites excluding steroid dienone is 4. The van der Waals surface area contributed by atoms with Crippen LogP contribution in [0.4, 0.5) is 0 Å². The van der Waals surface area contributed by atoms with Crippen LogP contribution in [-0.4, -0.2) is 11.6 Å². The number of hydrogen-bond acceptors (Lipinski definition) is 2. The number of ketones is 2. The van der Waals surface area contributed by atoms with Gasteiger partial charge >= 0.3 is 0 Å². The largest absolute Gasteiger partial charge is 0.289 e. The second kappa shape index (κ2) is 13.7. The third-order valence-corrected chi connectivity index (χ3v) is 7.23. The van der Waals surface area contributed by atoms with Crippen LogP contribution in [-0.2, 0) is 0 Å². The van der Waals surface area contributed by atoms with E-state index in [9.17, 15) is 9.59 Å². The molecule has 0 spiro atoms. The quantitative estimate of drug-likeness (QED) is 0.283. The summed E-state index contributed by atoms with van der Waals surface area (Å²) in [6, 6.07) is 7.14. The van der Waals surface area contributed by atoms with Gasteiger partial charge in [-0.2, -0.15) is 0 Å². The van der Waals surface area contributed by atoms with Crippen molar-refractivity contribution < 1.29 is 9.59 Å². The molecule has 0 saturated heterocycles. The summed E-state index contributed by atoms with van der Waals surface area (Å²) in [5, 5.41) is 0. The van der Waals surface area contributed by atoms with Crippen molar-refractivity contribution in [1.29, 1.82) is 0 Å². The van der Waals surface area contributed by atoms with Crippen molar-refractivity contribution in [3.63, 3.8) is 0 Å². The first kappa shape index (κ1) is 27.3. The summed E-state index contributed by atoms with van der Waals surface area (Å²) in [5.41, 5.74) is 2.18. The van der Waals surface area contributed by atoms with Gasteiger partial charge in [0.1, 0.15) is 0 Å². The first-order valence-corrected chi connectivity index (χ1v) is 13.3. The van der Waals surface area contributed by atoms with Crippen molar-refractivity contribution in [1.82, 2.24) is 0 Å². The normalized spacial score (nSPS) is 17.1. The average molecular weight is 451 g/mol. The Kier molecular flexibility index (Phi) is 11.3. The van der Waals surface area contributed by atoms with E-state index in [-0.39, 0.29) is 11.6 Å². The van der Waals surface area contributed by atoms with Gasteiger partial charge in [0.2, 0.25) is 0 Å². The Morgan fingerprint density at radius 2 is 1.18 bits per heavy atom. The first-order chi connectivity index (χ1) is 15.7. The Bertz CT molecular complexity index is 842. The van der Waals surface area contributed by atoms with Crippen molar-refractivity contribution in [2.45, 2.75) is 99.3 Å². The Morgan fingerprint density at radius 1 is 0.697 bits per heavy atom. The molecule has 2 nitrogen and oxygen atoms in total. The molecule has 0 heterocycles. The third-order valence-electron chi connectivity index (χ3n) is 7.23. The molecule has 2 rings (SSSR count). The highest BCUT2D eigenvalue weighted by Crippen LogP contribution is 2.28. The molecule has 3 atom stereocenters. The van der Waals surface area contributed by atoms with E-state index in [0.717, 1.165) is 24.2 Å². The molecule has 1 aromatic carbocycles. The maximum atomic E-state index is 12.9. The van der Waals surface area contributed by atoms with E-state index in [2.05, 4.69) is 40.7 Å². The summed E-state index contributed by atoms with van der Waals surface area (Å²) >= 11 is 0. The lowest BCUT2D eigenvalue weighted by Gasteiger charge is -2.17. The number of rotatable bonds is 14. The van der Waals surface area contributed by atoms with Gasteiger partial charge in [-0.3, -0.25) is 9.59 Å². The van der Waals surface area contributed by atoms with Gasteiger partial charge in [0.05, 0.1) is 0 Å². The summed E-state index contributed by atoms with van der Waals surface area (Å²) in [5.74, 6) is 2.82. The van der Waals surface area contributed by atoms with Crippen LogP contribution in [0.5, 0.6) is 0 Å². The smallest absolute Gasteiger partial charge is 0.194 e. The maximum absolute atomic E-state index is 12.9. The van der Waals surface area contributed by atoms with Crippen LogP contribution < -0.4 is 0 Å². The van der Waals surface area contributed by atoms with Crippen LogP contribution in [0.3, 0.4) is 0 Å².